The van der Waals surface area contributed by atoms with Gasteiger partial charge in [0.25, 0.3) is 0 Å². The van der Waals surface area contributed by atoms with E-state index in [4.69, 9.17) is 0 Å². The van der Waals surface area contributed by atoms with E-state index in [1.807, 2.05) is 6.07 Å². The fourth-order valence-electron chi connectivity index (χ4n) is 1.44. The molecule has 0 radical (unpaired) electrons. The summed E-state index contributed by atoms with van der Waals surface area (Å²) in [4.78, 5) is 0. The predicted molar refractivity (Wildman–Crippen MR) is 64.9 cm³/mol. The van der Waals surface area contributed by atoms with E-state index in [1.54, 1.807) is 32.0 Å². The summed E-state index contributed by atoms with van der Waals surface area (Å²) < 4.78 is 24.7. The van der Waals surface area contributed by atoms with Gasteiger partial charge in [0.05, 0.1) is 17.5 Å². The molecular weight excluding hydrogens is 226 g/mol. The van der Waals surface area contributed by atoms with E-state index in [1.165, 1.54) is 0 Å². The van der Waals surface area contributed by atoms with Gasteiger partial charge in [-0.1, -0.05) is 18.2 Å². The van der Waals surface area contributed by atoms with Gasteiger partial charge in [-0.05, 0) is 25.5 Å². The maximum Gasteiger partial charge on any atom is 0.229 e. The van der Waals surface area contributed by atoms with Crippen molar-refractivity contribution < 1.29 is 13.5 Å². The zero-order valence-corrected chi connectivity index (χ0v) is 10.5. The summed E-state index contributed by atoms with van der Waals surface area (Å²) >= 11 is 0. The van der Waals surface area contributed by atoms with Gasteiger partial charge in [-0.15, -0.1) is 0 Å². The van der Waals surface area contributed by atoms with Crippen LogP contribution in [0.5, 0.6) is 0 Å². The number of hydrogen-bond acceptors (Lipinski definition) is 3. The van der Waals surface area contributed by atoms with Crippen molar-refractivity contribution in [1.82, 2.24) is 0 Å². The normalized spacial score (nSPS) is 12.5. The highest BCUT2D eigenvalue weighted by atomic mass is 32.2. The number of nitrogens with one attached hydrogen (secondary N) is 1. The van der Waals surface area contributed by atoms with Crippen LogP contribution >= 0.6 is 0 Å². The SMILES string of the molecule is CC(C)(O)Cc1ccccc1NS(C)(=O)=O. The Morgan fingerprint density at radius 3 is 2.38 bits per heavy atom. The summed E-state index contributed by atoms with van der Waals surface area (Å²) in [6.45, 7) is 3.37. The topological polar surface area (TPSA) is 66.4 Å². The number of rotatable bonds is 4. The highest BCUT2D eigenvalue weighted by molar-refractivity contribution is 7.92. The molecule has 16 heavy (non-hydrogen) atoms. The Labute approximate surface area is 96.4 Å². The largest absolute Gasteiger partial charge is 0.390 e. The molecule has 1 rings (SSSR count). The molecule has 0 aliphatic rings. The van der Waals surface area contributed by atoms with Gasteiger partial charge in [-0.3, -0.25) is 4.72 Å². The highest BCUT2D eigenvalue weighted by Crippen LogP contribution is 2.21. The zero-order chi connectivity index (χ0) is 12.4. The number of benzene rings is 1. The molecule has 0 heterocycles. The summed E-state index contributed by atoms with van der Waals surface area (Å²) in [5.74, 6) is 0. The maximum absolute atomic E-state index is 11.1. The Balaban J connectivity index is 3.01. The van der Waals surface area contributed by atoms with Crippen molar-refractivity contribution in [2.24, 2.45) is 0 Å². The summed E-state index contributed by atoms with van der Waals surface area (Å²) in [7, 11) is -3.29. The molecule has 5 heteroatoms. The number of hydrogen-bond donors (Lipinski definition) is 2. The lowest BCUT2D eigenvalue weighted by molar-refractivity contribution is 0.0811. The van der Waals surface area contributed by atoms with Crippen molar-refractivity contribution >= 4 is 15.7 Å². The predicted octanol–water partition coefficient (Wildman–Crippen LogP) is 1.37. The second-order valence-electron chi connectivity index (χ2n) is 4.52. The highest BCUT2D eigenvalue weighted by Gasteiger charge is 2.16. The van der Waals surface area contributed by atoms with Crippen LogP contribution in [0.15, 0.2) is 24.3 Å². The van der Waals surface area contributed by atoms with Crippen LogP contribution in [0.1, 0.15) is 19.4 Å². The molecule has 0 unspecified atom stereocenters. The first-order chi connectivity index (χ1) is 7.17. The third-order valence-corrected chi connectivity index (χ3v) is 2.53. The maximum atomic E-state index is 11.1. The summed E-state index contributed by atoms with van der Waals surface area (Å²) in [5, 5.41) is 9.72. The average molecular weight is 243 g/mol. The van der Waals surface area contributed by atoms with E-state index < -0.39 is 15.6 Å². The minimum atomic E-state index is -3.29. The quantitative estimate of drug-likeness (QED) is 0.839. The molecule has 0 spiro atoms. The van der Waals surface area contributed by atoms with Crippen LogP contribution in [-0.4, -0.2) is 25.4 Å². The van der Waals surface area contributed by atoms with Crippen LogP contribution in [0.3, 0.4) is 0 Å². The first-order valence-electron chi connectivity index (χ1n) is 4.95. The van der Waals surface area contributed by atoms with Crippen LogP contribution in [0.25, 0.3) is 0 Å². The van der Waals surface area contributed by atoms with Crippen molar-refractivity contribution in [3.63, 3.8) is 0 Å². The van der Waals surface area contributed by atoms with E-state index in [0.29, 0.717) is 12.1 Å². The second kappa shape index (κ2) is 4.43. The van der Waals surface area contributed by atoms with Gasteiger partial charge >= 0.3 is 0 Å². The number of aliphatic hydroxyl groups is 1. The monoisotopic (exact) mass is 243 g/mol. The molecule has 1 aromatic carbocycles. The summed E-state index contributed by atoms with van der Waals surface area (Å²) in [5.41, 5.74) is 0.433. The molecule has 1 aromatic rings. The number of sulfonamides is 1. The Morgan fingerprint density at radius 2 is 1.88 bits per heavy atom. The van der Waals surface area contributed by atoms with Gasteiger partial charge in [-0.25, -0.2) is 8.42 Å². The molecule has 0 bridgehead atoms. The fraction of sp³-hybridized carbons (Fsp3) is 0.455. The van der Waals surface area contributed by atoms with E-state index in [2.05, 4.69) is 4.72 Å². The molecule has 90 valence electrons. The van der Waals surface area contributed by atoms with Gasteiger partial charge in [-0.2, -0.15) is 0 Å². The molecule has 0 aliphatic carbocycles. The van der Waals surface area contributed by atoms with Crippen LogP contribution in [0, 0.1) is 0 Å². The first-order valence-corrected chi connectivity index (χ1v) is 6.85. The zero-order valence-electron chi connectivity index (χ0n) is 9.69. The van der Waals surface area contributed by atoms with Crippen LogP contribution in [-0.2, 0) is 16.4 Å². The Kier molecular flexibility index (Phi) is 3.60. The van der Waals surface area contributed by atoms with Crippen LogP contribution < -0.4 is 4.72 Å². The van der Waals surface area contributed by atoms with Gasteiger partial charge in [0.2, 0.25) is 10.0 Å². The lowest BCUT2D eigenvalue weighted by atomic mass is 9.98. The van der Waals surface area contributed by atoms with E-state index in [-0.39, 0.29) is 0 Å². The minimum absolute atomic E-state index is 0.395. The number of para-hydroxylation sites is 1. The van der Waals surface area contributed by atoms with Gasteiger partial charge < -0.3 is 5.11 Å². The van der Waals surface area contributed by atoms with E-state index in [9.17, 15) is 13.5 Å². The van der Waals surface area contributed by atoms with Crippen LogP contribution in [0.4, 0.5) is 5.69 Å². The van der Waals surface area contributed by atoms with Crippen LogP contribution in [0.2, 0.25) is 0 Å². The third-order valence-electron chi connectivity index (χ3n) is 1.94. The van der Waals surface area contributed by atoms with E-state index in [0.717, 1.165) is 11.8 Å². The lowest BCUT2D eigenvalue weighted by Gasteiger charge is -2.19. The Morgan fingerprint density at radius 1 is 1.31 bits per heavy atom. The molecule has 0 saturated carbocycles. The average Bonchev–Trinajstić information content (AvgIpc) is 2.03. The summed E-state index contributed by atoms with van der Waals surface area (Å²) in [6.07, 6.45) is 1.50. The lowest BCUT2D eigenvalue weighted by Crippen LogP contribution is -2.23. The van der Waals surface area contributed by atoms with Gasteiger partial charge in [0.1, 0.15) is 0 Å². The smallest absolute Gasteiger partial charge is 0.229 e. The molecule has 0 atom stereocenters. The fourth-order valence-corrected chi connectivity index (χ4v) is 2.04. The number of anilines is 1. The van der Waals surface area contributed by atoms with Gasteiger partial charge in [0.15, 0.2) is 0 Å². The molecule has 0 aliphatic heterocycles. The summed E-state index contributed by atoms with van der Waals surface area (Å²) in [6, 6.07) is 7.05. The van der Waals surface area contributed by atoms with Crippen molar-refractivity contribution in [3.05, 3.63) is 29.8 Å². The third kappa shape index (κ3) is 4.63. The van der Waals surface area contributed by atoms with Crippen molar-refractivity contribution in [2.75, 3.05) is 11.0 Å². The second-order valence-corrected chi connectivity index (χ2v) is 6.27. The first kappa shape index (κ1) is 13.0. The minimum Gasteiger partial charge on any atom is -0.390 e. The Bertz CT molecular complexity index is 460. The van der Waals surface area contributed by atoms with Crippen molar-refractivity contribution in [3.8, 4) is 0 Å². The Hall–Kier alpha value is -1.07. The molecule has 2 N–H and O–H groups in total. The van der Waals surface area contributed by atoms with Gasteiger partial charge in [0, 0.05) is 6.42 Å². The van der Waals surface area contributed by atoms with E-state index >= 15 is 0 Å². The molecule has 0 amide bonds. The van der Waals surface area contributed by atoms with Crippen molar-refractivity contribution in [2.45, 2.75) is 25.9 Å². The molecular formula is C11H17NO3S. The molecule has 4 nitrogen and oxygen atoms in total. The molecule has 0 fully saturated rings. The molecule has 0 saturated heterocycles. The van der Waals surface area contributed by atoms with Crippen molar-refractivity contribution in [1.29, 1.82) is 0 Å². The molecule has 0 aromatic heterocycles. The standard InChI is InChI=1S/C11H17NO3S/c1-11(2,13)8-9-6-4-5-7-10(9)12-16(3,14)15/h4-7,12-13H,8H2,1-3H3.